The van der Waals surface area contributed by atoms with Crippen LogP contribution in [0.15, 0.2) is 41.1 Å². The number of carbonyl (C=O) groups excluding carboxylic acids is 2. The van der Waals surface area contributed by atoms with Gasteiger partial charge in [0.05, 0.1) is 7.11 Å². The van der Waals surface area contributed by atoms with Gasteiger partial charge < -0.3 is 24.2 Å². The van der Waals surface area contributed by atoms with E-state index in [2.05, 4.69) is 10.5 Å². The van der Waals surface area contributed by atoms with Gasteiger partial charge in [-0.25, -0.2) is 0 Å². The zero-order valence-corrected chi connectivity index (χ0v) is 15.2. The third-order valence-corrected chi connectivity index (χ3v) is 4.48. The Bertz CT molecular complexity index is 762. The Morgan fingerprint density at radius 2 is 2.11 bits per heavy atom. The molecule has 1 aliphatic rings. The summed E-state index contributed by atoms with van der Waals surface area (Å²) < 4.78 is 15.4. The number of hydrogen-bond acceptors (Lipinski definition) is 6. The second kappa shape index (κ2) is 9.07. The molecule has 3 rings (SSSR count). The first-order valence-electron chi connectivity index (χ1n) is 8.89. The second-order valence-corrected chi connectivity index (χ2v) is 6.39. The highest BCUT2D eigenvalue weighted by molar-refractivity contribution is 5.92. The van der Waals surface area contributed by atoms with Gasteiger partial charge in [0.25, 0.3) is 11.8 Å². The van der Waals surface area contributed by atoms with Crippen LogP contribution in [0.1, 0.15) is 23.3 Å². The number of ether oxygens (including phenoxy) is 2. The summed E-state index contributed by atoms with van der Waals surface area (Å²) in [5, 5.41) is 6.57. The van der Waals surface area contributed by atoms with Gasteiger partial charge in [0.15, 0.2) is 23.8 Å². The molecule has 1 aromatic carbocycles. The molecule has 0 bridgehead atoms. The number of para-hydroxylation sites is 2. The van der Waals surface area contributed by atoms with Gasteiger partial charge >= 0.3 is 0 Å². The number of amides is 2. The van der Waals surface area contributed by atoms with Crippen LogP contribution < -0.4 is 14.8 Å². The smallest absolute Gasteiger partial charge is 0.276 e. The van der Waals surface area contributed by atoms with Crippen molar-refractivity contribution in [3.05, 3.63) is 42.3 Å². The van der Waals surface area contributed by atoms with Crippen molar-refractivity contribution in [3.8, 4) is 11.5 Å². The number of carbonyl (C=O) groups is 2. The Hall–Kier alpha value is -3.03. The first-order valence-corrected chi connectivity index (χ1v) is 8.89. The Morgan fingerprint density at radius 3 is 2.85 bits per heavy atom. The van der Waals surface area contributed by atoms with Crippen molar-refractivity contribution in [1.29, 1.82) is 0 Å². The maximum absolute atomic E-state index is 12.3. The van der Waals surface area contributed by atoms with Crippen LogP contribution in [-0.4, -0.2) is 55.2 Å². The molecule has 0 aliphatic carbocycles. The molecule has 2 aromatic rings. The van der Waals surface area contributed by atoms with Crippen molar-refractivity contribution in [1.82, 2.24) is 15.4 Å². The molecule has 1 fully saturated rings. The lowest BCUT2D eigenvalue weighted by Gasteiger charge is -2.32. The van der Waals surface area contributed by atoms with E-state index in [-0.39, 0.29) is 24.3 Å². The predicted octanol–water partition coefficient (Wildman–Crippen LogP) is 1.73. The summed E-state index contributed by atoms with van der Waals surface area (Å²) in [5.74, 6) is 0.960. The van der Waals surface area contributed by atoms with Crippen molar-refractivity contribution < 1.29 is 23.6 Å². The molecule has 1 aliphatic heterocycles. The number of nitrogens with one attached hydrogen (secondary N) is 1. The summed E-state index contributed by atoms with van der Waals surface area (Å²) >= 11 is 0. The van der Waals surface area contributed by atoms with E-state index in [0.717, 1.165) is 12.8 Å². The average Bonchev–Trinajstić information content (AvgIpc) is 3.25. The molecule has 144 valence electrons. The molecule has 0 spiro atoms. The summed E-state index contributed by atoms with van der Waals surface area (Å²) in [5.41, 5.74) is 0.310. The molecule has 8 nitrogen and oxygen atoms in total. The van der Waals surface area contributed by atoms with E-state index in [9.17, 15) is 9.59 Å². The molecule has 8 heteroatoms. The molecule has 1 saturated heterocycles. The molecule has 0 saturated carbocycles. The molecule has 1 atom stereocenters. The van der Waals surface area contributed by atoms with E-state index in [1.807, 2.05) is 12.1 Å². The minimum absolute atomic E-state index is 0.0886. The van der Waals surface area contributed by atoms with Gasteiger partial charge in [0.1, 0.15) is 6.26 Å². The second-order valence-electron chi connectivity index (χ2n) is 6.39. The number of rotatable bonds is 7. The van der Waals surface area contributed by atoms with Crippen LogP contribution >= 0.6 is 0 Å². The summed E-state index contributed by atoms with van der Waals surface area (Å²) in [7, 11) is 1.55. The van der Waals surface area contributed by atoms with Crippen molar-refractivity contribution in [2.75, 3.05) is 33.4 Å². The number of likely N-dealkylation sites (tertiary alicyclic amines) is 1. The van der Waals surface area contributed by atoms with Crippen molar-refractivity contribution in [2.45, 2.75) is 12.8 Å². The molecule has 1 aromatic heterocycles. The molecule has 2 amide bonds. The monoisotopic (exact) mass is 373 g/mol. The minimum atomic E-state index is -0.208. The van der Waals surface area contributed by atoms with E-state index < -0.39 is 0 Å². The lowest BCUT2D eigenvalue weighted by atomic mass is 9.97. The summed E-state index contributed by atoms with van der Waals surface area (Å²) in [6.07, 6.45) is 3.23. The number of benzene rings is 1. The van der Waals surface area contributed by atoms with Crippen LogP contribution in [0.5, 0.6) is 11.5 Å². The summed E-state index contributed by atoms with van der Waals surface area (Å²) in [6, 6.07) is 8.73. The van der Waals surface area contributed by atoms with Gasteiger partial charge in [0.2, 0.25) is 0 Å². The fourth-order valence-corrected chi connectivity index (χ4v) is 3.09. The van der Waals surface area contributed by atoms with Gasteiger partial charge in [-0.1, -0.05) is 17.3 Å². The summed E-state index contributed by atoms with van der Waals surface area (Å²) in [4.78, 5) is 26.2. The van der Waals surface area contributed by atoms with E-state index in [1.54, 1.807) is 30.2 Å². The highest BCUT2D eigenvalue weighted by Gasteiger charge is 2.26. The van der Waals surface area contributed by atoms with Crippen LogP contribution in [0.4, 0.5) is 0 Å². The molecule has 27 heavy (non-hydrogen) atoms. The Labute approximate surface area is 157 Å². The van der Waals surface area contributed by atoms with Crippen LogP contribution in [0.3, 0.4) is 0 Å². The molecular weight excluding hydrogens is 350 g/mol. The zero-order chi connectivity index (χ0) is 19.1. The standard InChI is InChI=1S/C19H23N3O5/c1-25-16-6-2-3-7-17(16)26-13-18(23)20-11-14-5-4-9-22(12-14)19(24)15-8-10-27-21-15/h2-3,6-8,10,14H,4-5,9,11-13H2,1H3,(H,20,23)/t14-/m1/s1. The fourth-order valence-electron chi connectivity index (χ4n) is 3.09. The number of hydrogen-bond donors (Lipinski definition) is 1. The topological polar surface area (TPSA) is 93.9 Å². The molecule has 0 unspecified atom stereocenters. The van der Waals surface area contributed by atoms with Crippen LogP contribution in [0, 0.1) is 5.92 Å². The summed E-state index contributed by atoms with van der Waals surface area (Å²) in [6.45, 7) is 1.68. The van der Waals surface area contributed by atoms with Crippen molar-refractivity contribution in [2.24, 2.45) is 5.92 Å². The molecule has 1 N–H and O–H groups in total. The SMILES string of the molecule is COc1ccccc1OCC(=O)NC[C@H]1CCCN(C(=O)c2ccon2)C1. The van der Waals surface area contributed by atoms with Gasteiger partial charge in [-0.15, -0.1) is 0 Å². The van der Waals surface area contributed by atoms with Crippen molar-refractivity contribution in [3.63, 3.8) is 0 Å². The van der Waals surface area contributed by atoms with Crippen LogP contribution in [-0.2, 0) is 4.79 Å². The normalized spacial score (nSPS) is 16.6. The average molecular weight is 373 g/mol. The Kier molecular flexibility index (Phi) is 6.30. The maximum atomic E-state index is 12.3. The fraction of sp³-hybridized carbons (Fsp3) is 0.421. The van der Waals surface area contributed by atoms with E-state index in [0.29, 0.717) is 36.8 Å². The lowest BCUT2D eigenvalue weighted by molar-refractivity contribution is -0.123. The Morgan fingerprint density at radius 1 is 1.30 bits per heavy atom. The first-order chi connectivity index (χ1) is 13.2. The Balaban J connectivity index is 1.44. The van der Waals surface area contributed by atoms with E-state index >= 15 is 0 Å². The highest BCUT2D eigenvalue weighted by atomic mass is 16.5. The minimum Gasteiger partial charge on any atom is -0.493 e. The number of methoxy groups -OCH3 is 1. The predicted molar refractivity (Wildman–Crippen MR) is 96.6 cm³/mol. The lowest BCUT2D eigenvalue weighted by Crippen LogP contribution is -2.44. The third-order valence-electron chi connectivity index (χ3n) is 4.48. The van der Waals surface area contributed by atoms with Gasteiger partial charge in [-0.05, 0) is 30.9 Å². The molecule has 2 heterocycles. The highest BCUT2D eigenvalue weighted by Crippen LogP contribution is 2.25. The van der Waals surface area contributed by atoms with Crippen LogP contribution in [0.25, 0.3) is 0 Å². The van der Waals surface area contributed by atoms with Gasteiger partial charge in [0, 0.05) is 25.7 Å². The number of aromatic nitrogens is 1. The maximum Gasteiger partial charge on any atom is 0.276 e. The third kappa shape index (κ3) is 4.99. The van der Waals surface area contributed by atoms with E-state index in [4.69, 9.17) is 14.0 Å². The van der Waals surface area contributed by atoms with Crippen molar-refractivity contribution >= 4 is 11.8 Å². The largest absolute Gasteiger partial charge is 0.493 e. The number of nitrogens with zero attached hydrogens (tertiary/aromatic N) is 2. The van der Waals surface area contributed by atoms with Crippen LogP contribution in [0.2, 0.25) is 0 Å². The molecular formula is C19H23N3O5. The first kappa shape index (κ1) is 18.8. The van der Waals surface area contributed by atoms with Gasteiger partial charge in [-0.2, -0.15) is 0 Å². The van der Waals surface area contributed by atoms with Gasteiger partial charge in [-0.3, -0.25) is 9.59 Å². The molecule has 0 radical (unpaired) electrons. The zero-order valence-electron chi connectivity index (χ0n) is 15.2. The number of piperidine rings is 1. The van der Waals surface area contributed by atoms with E-state index in [1.165, 1.54) is 6.26 Å². The quantitative estimate of drug-likeness (QED) is 0.794.